The van der Waals surface area contributed by atoms with E-state index in [1.54, 1.807) is 11.8 Å². The van der Waals surface area contributed by atoms with Crippen molar-refractivity contribution in [2.45, 2.75) is 25.2 Å². The molecule has 2 rings (SSSR count). The van der Waals surface area contributed by atoms with E-state index in [2.05, 4.69) is 4.98 Å². The van der Waals surface area contributed by atoms with Crippen molar-refractivity contribution in [3.63, 3.8) is 0 Å². The first-order valence-corrected chi connectivity index (χ1v) is 7.61. The molecule has 0 aliphatic rings. The molecule has 20 heavy (non-hydrogen) atoms. The molecule has 0 saturated carbocycles. The summed E-state index contributed by atoms with van der Waals surface area (Å²) in [6, 6.07) is 7.71. The fraction of sp³-hybridized carbons (Fsp3) is 0.333. The highest BCUT2D eigenvalue weighted by atomic mass is 32.2. The van der Waals surface area contributed by atoms with Gasteiger partial charge in [0.25, 0.3) is 0 Å². The van der Waals surface area contributed by atoms with Gasteiger partial charge in [0.2, 0.25) is 11.7 Å². The standard InChI is InChI=1S/C15H17NO3S/c1-9(2)8-12-13(15(17)18)19-14(16-12)10-4-6-11(20-3)7-5-10/h4-7,9H,8H2,1-3H3,(H,17,18). The average molecular weight is 291 g/mol. The van der Waals surface area contributed by atoms with Crippen molar-refractivity contribution < 1.29 is 14.3 Å². The lowest BCUT2D eigenvalue weighted by Gasteiger charge is -2.00. The molecule has 0 spiro atoms. The van der Waals surface area contributed by atoms with E-state index in [4.69, 9.17) is 4.42 Å². The summed E-state index contributed by atoms with van der Waals surface area (Å²) in [5, 5.41) is 9.18. The molecule has 106 valence electrons. The van der Waals surface area contributed by atoms with Gasteiger partial charge in [-0.3, -0.25) is 0 Å². The van der Waals surface area contributed by atoms with E-state index < -0.39 is 5.97 Å². The Morgan fingerprint density at radius 2 is 2.00 bits per heavy atom. The number of oxazole rings is 1. The lowest BCUT2D eigenvalue weighted by Crippen LogP contribution is -2.03. The topological polar surface area (TPSA) is 63.3 Å². The van der Waals surface area contributed by atoms with Crippen molar-refractivity contribution in [2.75, 3.05) is 6.26 Å². The quantitative estimate of drug-likeness (QED) is 0.845. The zero-order chi connectivity index (χ0) is 14.7. The van der Waals surface area contributed by atoms with Crippen molar-refractivity contribution in [3.8, 4) is 11.5 Å². The molecule has 0 bridgehead atoms. The highest BCUT2D eigenvalue weighted by Crippen LogP contribution is 2.25. The highest BCUT2D eigenvalue weighted by Gasteiger charge is 2.20. The predicted molar refractivity (Wildman–Crippen MR) is 79.2 cm³/mol. The van der Waals surface area contributed by atoms with Crippen molar-refractivity contribution in [2.24, 2.45) is 5.92 Å². The molecule has 0 radical (unpaired) electrons. The lowest BCUT2D eigenvalue weighted by atomic mass is 10.1. The number of nitrogens with zero attached hydrogens (tertiary/aromatic N) is 1. The SMILES string of the molecule is CSc1ccc(-c2nc(CC(C)C)c(C(=O)O)o2)cc1. The van der Waals surface area contributed by atoms with Crippen molar-refractivity contribution >= 4 is 17.7 Å². The molecule has 4 nitrogen and oxygen atoms in total. The van der Waals surface area contributed by atoms with Gasteiger partial charge in [0, 0.05) is 10.5 Å². The Hall–Kier alpha value is -1.75. The number of benzene rings is 1. The number of carboxylic acid groups (broad SMARTS) is 1. The van der Waals surface area contributed by atoms with E-state index in [0.29, 0.717) is 23.9 Å². The van der Waals surface area contributed by atoms with Crippen LogP contribution >= 0.6 is 11.8 Å². The van der Waals surface area contributed by atoms with Crippen molar-refractivity contribution in [1.29, 1.82) is 0 Å². The Bertz CT molecular complexity index is 602. The molecule has 1 aromatic carbocycles. The maximum Gasteiger partial charge on any atom is 0.373 e. The van der Waals surface area contributed by atoms with Crippen LogP contribution in [0, 0.1) is 5.92 Å². The molecular weight excluding hydrogens is 274 g/mol. The molecule has 0 fully saturated rings. The summed E-state index contributed by atoms with van der Waals surface area (Å²) in [6.45, 7) is 4.04. The minimum atomic E-state index is -1.07. The lowest BCUT2D eigenvalue weighted by molar-refractivity contribution is 0.0661. The zero-order valence-corrected chi connectivity index (χ0v) is 12.5. The molecule has 0 aliphatic carbocycles. The molecule has 2 aromatic rings. The molecule has 0 amide bonds. The highest BCUT2D eigenvalue weighted by molar-refractivity contribution is 7.98. The zero-order valence-electron chi connectivity index (χ0n) is 11.7. The molecule has 1 heterocycles. The number of hydrogen-bond donors (Lipinski definition) is 1. The summed E-state index contributed by atoms with van der Waals surface area (Å²) in [7, 11) is 0. The number of rotatable bonds is 5. The first kappa shape index (κ1) is 14.7. The summed E-state index contributed by atoms with van der Waals surface area (Å²) in [6.07, 6.45) is 2.59. The first-order chi connectivity index (χ1) is 9.51. The molecule has 1 aromatic heterocycles. The number of carbonyl (C=O) groups is 1. The van der Waals surface area contributed by atoms with Crippen molar-refractivity contribution in [1.82, 2.24) is 4.98 Å². The average Bonchev–Trinajstić information content (AvgIpc) is 2.82. The third-order valence-electron chi connectivity index (χ3n) is 2.83. The molecule has 0 aliphatic heterocycles. The molecule has 1 N–H and O–H groups in total. The van der Waals surface area contributed by atoms with Gasteiger partial charge in [-0.15, -0.1) is 11.8 Å². The molecule has 0 saturated heterocycles. The minimum absolute atomic E-state index is 0.0531. The summed E-state index contributed by atoms with van der Waals surface area (Å²) in [5.41, 5.74) is 1.30. The minimum Gasteiger partial charge on any atom is -0.475 e. The maximum atomic E-state index is 11.2. The fourth-order valence-corrected chi connectivity index (χ4v) is 2.31. The summed E-state index contributed by atoms with van der Waals surface area (Å²) in [4.78, 5) is 16.7. The van der Waals surface area contributed by atoms with Gasteiger partial charge in [0.05, 0.1) is 5.69 Å². The van der Waals surface area contributed by atoms with E-state index in [0.717, 1.165) is 10.5 Å². The summed E-state index contributed by atoms with van der Waals surface area (Å²) in [5.74, 6) is -0.432. The van der Waals surface area contributed by atoms with Crippen LogP contribution < -0.4 is 0 Å². The molecular formula is C15H17NO3S. The molecule has 5 heteroatoms. The number of aromatic nitrogens is 1. The largest absolute Gasteiger partial charge is 0.475 e. The second-order valence-electron chi connectivity index (χ2n) is 4.93. The van der Waals surface area contributed by atoms with Crippen LogP contribution in [0.3, 0.4) is 0 Å². The Morgan fingerprint density at radius 1 is 1.35 bits per heavy atom. The van der Waals surface area contributed by atoms with E-state index in [-0.39, 0.29) is 5.76 Å². The third-order valence-corrected chi connectivity index (χ3v) is 3.57. The van der Waals surface area contributed by atoms with Gasteiger partial charge >= 0.3 is 5.97 Å². The van der Waals surface area contributed by atoms with Crippen LogP contribution in [0.5, 0.6) is 0 Å². The summed E-state index contributed by atoms with van der Waals surface area (Å²) < 4.78 is 5.42. The van der Waals surface area contributed by atoms with E-state index in [1.807, 2.05) is 44.4 Å². The van der Waals surface area contributed by atoms with Gasteiger partial charge in [-0.05, 0) is 42.9 Å². The number of hydrogen-bond acceptors (Lipinski definition) is 4. The van der Waals surface area contributed by atoms with Gasteiger partial charge in [0.1, 0.15) is 0 Å². The Labute approximate surface area is 122 Å². The Balaban J connectivity index is 2.38. The van der Waals surface area contributed by atoms with Gasteiger partial charge in [0.15, 0.2) is 0 Å². The van der Waals surface area contributed by atoms with E-state index in [9.17, 15) is 9.90 Å². The fourth-order valence-electron chi connectivity index (χ4n) is 1.90. The van der Waals surface area contributed by atoms with Gasteiger partial charge in [-0.1, -0.05) is 13.8 Å². The van der Waals surface area contributed by atoms with Crippen LogP contribution in [0.15, 0.2) is 33.6 Å². The molecule has 0 atom stereocenters. The van der Waals surface area contributed by atoms with E-state index in [1.165, 1.54) is 0 Å². The monoisotopic (exact) mass is 291 g/mol. The number of thioether (sulfide) groups is 1. The normalized spacial score (nSPS) is 11.0. The number of aromatic carboxylic acids is 1. The van der Waals surface area contributed by atoms with Crippen molar-refractivity contribution in [3.05, 3.63) is 35.7 Å². The van der Waals surface area contributed by atoms with Gasteiger partial charge in [-0.25, -0.2) is 9.78 Å². The maximum absolute atomic E-state index is 11.2. The Kier molecular flexibility index (Phi) is 4.49. The van der Waals surface area contributed by atoms with Crippen LogP contribution in [0.1, 0.15) is 30.1 Å². The number of carboxylic acids is 1. The van der Waals surface area contributed by atoms with Crippen LogP contribution in [0.25, 0.3) is 11.5 Å². The van der Waals surface area contributed by atoms with Crippen LogP contribution in [-0.4, -0.2) is 22.3 Å². The first-order valence-electron chi connectivity index (χ1n) is 6.38. The Morgan fingerprint density at radius 3 is 2.50 bits per heavy atom. The van der Waals surface area contributed by atoms with Crippen LogP contribution in [0.4, 0.5) is 0 Å². The van der Waals surface area contributed by atoms with Gasteiger partial charge < -0.3 is 9.52 Å². The summed E-state index contributed by atoms with van der Waals surface area (Å²) >= 11 is 1.65. The van der Waals surface area contributed by atoms with Gasteiger partial charge in [-0.2, -0.15) is 0 Å². The predicted octanol–water partition coefficient (Wildman–Crippen LogP) is 3.96. The second-order valence-corrected chi connectivity index (χ2v) is 5.81. The second kappa shape index (κ2) is 6.13. The molecule has 0 unspecified atom stereocenters. The third kappa shape index (κ3) is 3.22. The van der Waals surface area contributed by atoms with Crippen LogP contribution in [-0.2, 0) is 6.42 Å². The van der Waals surface area contributed by atoms with Crippen LogP contribution in [0.2, 0.25) is 0 Å². The smallest absolute Gasteiger partial charge is 0.373 e. The van der Waals surface area contributed by atoms with E-state index >= 15 is 0 Å².